The number of aromatic nitrogens is 1. The van der Waals surface area contributed by atoms with Crippen LogP contribution in [-0.4, -0.2) is 10.9 Å². The van der Waals surface area contributed by atoms with E-state index in [0.717, 1.165) is 0 Å². The minimum Gasteiger partial charge on any atom is -0.438 e. The van der Waals surface area contributed by atoms with E-state index >= 15 is 0 Å². The van der Waals surface area contributed by atoms with Crippen LogP contribution in [0.5, 0.6) is 0 Å². The van der Waals surface area contributed by atoms with Crippen molar-refractivity contribution < 1.29 is 13.6 Å². The highest BCUT2D eigenvalue weighted by molar-refractivity contribution is 7.13. The average Bonchev–Trinajstić information content (AvgIpc) is 3.17. The quantitative estimate of drug-likeness (QED) is 0.517. The molecule has 2 heterocycles. The molecular formula is C19H11ClFN3O2S. The van der Waals surface area contributed by atoms with Gasteiger partial charge in [0.2, 0.25) is 5.55 Å². The molecule has 0 radical (unpaired) electrons. The predicted octanol–water partition coefficient (Wildman–Crippen LogP) is 5.17. The maximum atomic E-state index is 14.1. The fourth-order valence-corrected chi connectivity index (χ4v) is 3.14. The predicted molar refractivity (Wildman–Crippen MR) is 103 cm³/mol. The highest BCUT2D eigenvalue weighted by Crippen LogP contribution is 2.22. The van der Waals surface area contributed by atoms with Crippen molar-refractivity contribution in [1.29, 1.82) is 0 Å². The summed E-state index contributed by atoms with van der Waals surface area (Å²) in [5.74, 6) is -1.03. The number of hydrogen-bond donors (Lipinski definition) is 1. The highest BCUT2D eigenvalue weighted by atomic mass is 35.5. The molecule has 5 nitrogen and oxygen atoms in total. The number of anilines is 1. The van der Waals surface area contributed by atoms with Gasteiger partial charge in [-0.25, -0.2) is 14.4 Å². The number of para-hydroxylation sites is 1. The van der Waals surface area contributed by atoms with E-state index in [1.165, 1.54) is 29.5 Å². The van der Waals surface area contributed by atoms with Crippen molar-refractivity contribution >= 4 is 50.6 Å². The van der Waals surface area contributed by atoms with Crippen LogP contribution >= 0.6 is 22.9 Å². The number of carbonyl (C=O) groups is 1. The van der Waals surface area contributed by atoms with Crippen molar-refractivity contribution in [3.63, 3.8) is 0 Å². The van der Waals surface area contributed by atoms with Gasteiger partial charge in [0.05, 0.1) is 0 Å². The molecule has 0 spiro atoms. The molecule has 4 aromatic rings. The highest BCUT2D eigenvalue weighted by Gasteiger charge is 2.14. The number of benzene rings is 2. The maximum Gasteiger partial charge on any atom is 0.262 e. The fraction of sp³-hybridized carbons (Fsp3) is 0. The summed E-state index contributed by atoms with van der Waals surface area (Å²) < 4.78 is 19.9. The molecular weight excluding hydrogens is 389 g/mol. The van der Waals surface area contributed by atoms with Crippen LogP contribution in [0.15, 0.2) is 69.5 Å². The van der Waals surface area contributed by atoms with Crippen molar-refractivity contribution in [1.82, 2.24) is 4.98 Å². The number of halogens is 2. The van der Waals surface area contributed by atoms with Crippen LogP contribution < -0.4 is 10.9 Å². The zero-order valence-corrected chi connectivity index (χ0v) is 15.2. The summed E-state index contributed by atoms with van der Waals surface area (Å²) in [7, 11) is 0. The number of thiazole rings is 1. The van der Waals surface area contributed by atoms with Gasteiger partial charge in [-0.15, -0.1) is 11.3 Å². The monoisotopic (exact) mass is 399 g/mol. The third kappa shape index (κ3) is 3.74. The largest absolute Gasteiger partial charge is 0.438 e. The van der Waals surface area contributed by atoms with Gasteiger partial charge >= 0.3 is 0 Å². The Bertz CT molecular complexity index is 1210. The molecule has 0 aliphatic rings. The second-order valence-corrected chi connectivity index (χ2v) is 6.83. The van der Waals surface area contributed by atoms with E-state index in [9.17, 15) is 9.18 Å². The van der Waals surface area contributed by atoms with Gasteiger partial charge < -0.3 is 4.42 Å². The Balaban J connectivity index is 1.90. The first-order chi connectivity index (χ1) is 13.1. The fourth-order valence-electron chi connectivity index (χ4n) is 2.45. The van der Waals surface area contributed by atoms with Crippen molar-refractivity contribution in [3.05, 3.63) is 82.1 Å². The minimum atomic E-state index is -0.575. The molecule has 134 valence electrons. The first kappa shape index (κ1) is 17.4. The molecule has 0 bridgehead atoms. The van der Waals surface area contributed by atoms with Crippen LogP contribution in [0.1, 0.15) is 10.4 Å². The Kier molecular flexibility index (Phi) is 4.70. The van der Waals surface area contributed by atoms with Gasteiger partial charge in [0.1, 0.15) is 22.7 Å². The van der Waals surface area contributed by atoms with Crippen LogP contribution in [0.25, 0.3) is 11.0 Å². The van der Waals surface area contributed by atoms with Gasteiger partial charge in [-0.05, 0) is 30.3 Å². The molecule has 0 aliphatic heterocycles. The zero-order chi connectivity index (χ0) is 18.8. The van der Waals surface area contributed by atoms with Gasteiger partial charge in [-0.2, -0.15) is 0 Å². The van der Waals surface area contributed by atoms with E-state index in [1.54, 1.807) is 29.8 Å². The molecule has 1 N–H and O–H groups in total. The number of nitrogens with one attached hydrogen (secondary N) is 1. The molecule has 0 atom stereocenters. The molecule has 0 fully saturated rings. The lowest BCUT2D eigenvalue weighted by Crippen LogP contribution is -2.21. The van der Waals surface area contributed by atoms with Crippen LogP contribution in [0, 0.1) is 5.82 Å². The van der Waals surface area contributed by atoms with Crippen molar-refractivity contribution in [2.45, 2.75) is 0 Å². The Morgan fingerprint density at radius 3 is 2.89 bits per heavy atom. The molecule has 2 aromatic heterocycles. The standard InChI is InChI=1S/C19H11ClFN3O2S/c20-12-5-6-14(21)15(10-12)23-18-13(17(25)24-19-22-7-8-27-19)9-11-3-1-2-4-16(11)26-18/h1-10H,(H,22,24,25). The normalized spacial score (nSPS) is 11.7. The summed E-state index contributed by atoms with van der Waals surface area (Å²) in [6.45, 7) is 0. The smallest absolute Gasteiger partial charge is 0.262 e. The van der Waals surface area contributed by atoms with E-state index in [1.807, 2.05) is 12.1 Å². The van der Waals surface area contributed by atoms with Gasteiger partial charge in [0.15, 0.2) is 5.13 Å². The lowest BCUT2D eigenvalue weighted by atomic mass is 10.2. The number of nitrogens with zero attached hydrogens (tertiary/aromatic N) is 2. The second-order valence-electron chi connectivity index (χ2n) is 5.50. The van der Waals surface area contributed by atoms with Crippen LogP contribution in [0.3, 0.4) is 0 Å². The van der Waals surface area contributed by atoms with E-state index < -0.39 is 11.7 Å². The number of hydrogen-bond acceptors (Lipinski definition) is 5. The summed E-state index contributed by atoms with van der Waals surface area (Å²) in [5, 5.41) is 5.90. The Morgan fingerprint density at radius 1 is 1.22 bits per heavy atom. The SMILES string of the molecule is O=C(Nc1nccs1)c1cc2ccccc2oc1=Nc1cc(Cl)ccc1F. The van der Waals surface area contributed by atoms with Crippen LogP contribution in [0.4, 0.5) is 15.2 Å². The van der Waals surface area contributed by atoms with Crippen molar-refractivity contribution in [2.24, 2.45) is 4.99 Å². The minimum absolute atomic E-state index is 0.0233. The second kappa shape index (κ2) is 7.30. The molecule has 1 amide bonds. The maximum absolute atomic E-state index is 14.1. The summed E-state index contributed by atoms with van der Waals surface area (Å²) >= 11 is 7.21. The van der Waals surface area contributed by atoms with E-state index in [-0.39, 0.29) is 16.8 Å². The Morgan fingerprint density at radius 2 is 2.07 bits per heavy atom. The number of amides is 1. The molecule has 0 unspecified atom stereocenters. The van der Waals surface area contributed by atoms with E-state index in [0.29, 0.717) is 21.1 Å². The molecule has 0 saturated heterocycles. The van der Waals surface area contributed by atoms with E-state index in [4.69, 9.17) is 16.0 Å². The van der Waals surface area contributed by atoms with Crippen molar-refractivity contribution in [3.8, 4) is 0 Å². The molecule has 8 heteroatoms. The first-order valence-electron chi connectivity index (χ1n) is 7.84. The van der Waals surface area contributed by atoms with Crippen LogP contribution in [0.2, 0.25) is 5.02 Å². The third-order valence-electron chi connectivity index (χ3n) is 3.68. The summed E-state index contributed by atoms with van der Waals surface area (Å²) in [6, 6.07) is 12.8. The zero-order valence-electron chi connectivity index (χ0n) is 13.6. The molecule has 2 aromatic carbocycles. The number of fused-ring (bicyclic) bond motifs is 1. The Labute approximate surface area is 161 Å². The summed E-state index contributed by atoms with van der Waals surface area (Å²) in [6.07, 6.45) is 1.58. The first-order valence-corrected chi connectivity index (χ1v) is 9.09. The summed E-state index contributed by atoms with van der Waals surface area (Å²) in [4.78, 5) is 21.0. The van der Waals surface area contributed by atoms with Gasteiger partial charge in [-0.1, -0.05) is 29.8 Å². The molecule has 0 aliphatic carbocycles. The van der Waals surface area contributed by atoms with Gasteiger partial charge in [0.25, 0.3) is 5.91 Å². The number of carbonyl (C=O) groups excluding carboxylic acids is 1. The molecule has 27 heavy (non-hydrogen) atoms. The van der Waals surface area contributed by atoms with E-state index in [2.05, 4.69) is 15.3 Å². The van der Waals surface area contributed by atoms with Crippen molar-refractivity contribution in [2.75, 3.05) is 5.32 Å². The lowest BCUT2D eigenvalue weighted by molar-refractivity contribution is 0.102. The third-order valence-corrected chi connectivity index (χ3v) is 4.61. The number of rotatable bonds is 3. The van der Waals surface area contributed by atoms with Gasteiger partial charge in [0, 0.05) is 22.0 Å². The van der Waals surface area contributed by atoms with Gasteiger partial charge in [-0.3, -0.25) is 10.1 Å². The molecule has 4 rings (SSSR count). The lowest BCUT2D eigenvalue weighted by Gasteiger charge is -2.05. The topological polar surface area (TPSA) is 67.5 Å². The Hall–Kier alpha value is -3.03. The summed E-state index contributed by atoms with van der Waals surface area (Å²) in [5.41, 5.74) is 0.626. The van der Waals surface area contributed by atoms with Crippen LogP contribution in [-0.2, 0) is 0 Å². The molecule has 0 saturated carbocycles. The average molecular weight is 400 g/mol.